The van der Waals surface area contributed by atoms with E-state index in [2.05, 4.69) is 45.7 Å². The molecule has 0 radical (unpaired) electrons. The van der Waals surface area contributed by atoms with E-state index in [1.165, 1.54) is 11.1 Å². The van der Waals surface area contributed by atoms with Gasteiger partial charge in [0.25, 0.3) is 0 Å². The second-order valence-corrected chi connectivity index (χ2v) is 7.00. The molecular weight excluding hydrogens is 312 g/mol. The van der Waals surface area contributed by atoms with Crippen molar-refractivity contribution >= 4 is 22.8 Å². The number of nitrogens with zero attached hydrogens (tertiary/aromatic N) is 1. The molecule has 1 heterocycles. The van der Waals surface area contributed by atoms with Crippen molar-refractivity contribution in [3.63, 3.8) is 0 Å². The second kappa shape index (κ2) is 5.62. The lowest BCUT2D eigenvalue weighted by molar-refractivity contribution is 0.247. The lowest BCUT2D eigenvalue weighted by atomic mass is 10.0. The highest BCUT2D eigenvalue weighted by Gasteiger charge is 2.45. The highest BCUT2D eigenvalue weighted by atomic mass is 16.2. The molecule has 4 rings (SSSR count). The molecule has 1 aromatic heterocycles. The summed E-state index contributed by atoms with van der Waals surface area (Å²) in [4.78, 5) is 20.1. The van der Waals surface area contributed by atoms with Crippen molar-refractivity contribution in [2.24, 2.45) is 0 Å². The number of hydrogen-bond acceptors (Lipinski definition) is 2. The van der Waals surface area contributed by atoms with Crippen molar-refractivity contribution in [3.05, 3.63) is 58.9 Å². The molecule has 0 spiro atoms. The number of H-pyrrole nitrogens is 1. The Balaban J connectivity index is 1.56. The van der Waals surface area contributed by atoms with Crippen LogP contribution < -0.4 is 10.6 Å². The highest BCUT2D eigenvalue weighted by molar-refractivity contribution is 5.95. The maximum absolute atomic E-state index is 12.6. The van der Waals surface area contributed by atoms with Crippen molar-refractivity contribution in [1.29, 1.82) is 0 Å². The molecule has 1 saturated carbocycles. The number of amides is 2. The second-order valence-electron chi connectivity index (χ2n) is 7.00. The van der Waals surface area contributed by atoms with Crippen LogP contribution in [0, 0.1) is 20.8 Å². The number of aromatic amines is 1. The van der Waals surface area contributed by atoms with E-state index in [-0.39, 0.29) is 11.6 Å². The van der Waals surface area contributed by atoms with Crippen LogP contribution in [-0.4, -0.2) is 16.0 Å². The molecule has 3 aromatic rings. The van der Waals surface area contributed by atoms with Crippen LogP contribution >= 0.6 is 0 Å². The largest absolute Gasteiger partial charge is 0.345 e. The van der Waals surface area contributed by atoms with Crippen LogP contribution in [0.1, 0.15) is 35.1 Å². The smallest absolute Gasteiger partial charge is 0.319 e. The van der Waals surface area contributed by atoms with Crippen molar-refractivity contribution in [2.75, 3.05) is 5.32 Å². The number of carbonyl (C=O) groups is 1. The van der Waals surface area contributed by atoms with Gasteiger partial charge in [0.2, 0.25) is 0 Å². The quantitative estimate of drug-likeness (QED) is 0.668. The number of hydrogen-bond donors (Lipinski definition) is 3. The zero-order valence-electron chi connectivity index (χ0n) is 14.7. The number of benzene rings is 2. The van der Waals surface area contributed by atoms with E-state index in [9.17, 15) is 4.79 Å². The van der Waals surface area contributed by atoms with Gasteiger partial charge in [-0.1, -0.05) is 29.8 Å². The average Bonchev–Trinajstić information content (AvgIpc) is 3.20. The molecule has 1 fully saturated rings. The van der Waals surface area contributed by atoms with Gasteiger partial charge in [-0.3, -0.25) is 0 Å². The van der Waals surface area contributed by atoms with Crippen molar-refractivity contribution in [3.8, 4) is 0 Å². The molecule has 1 aliphatic carbocycles. The normalized spacial score (nSPS) is 15.2. The number of imidazole rings is 1. The Labute approximate surface area is 146 Å². The summed E-state index contributed by atoms with van der Waals surface area (Å²) < 4.78 is 0. The van der Waals surface area contributed by atoms with Gasteiger partial charge in [-0.2, -0.15) is 0 Å². The van der Waals surface area contributed by atoms with Crippen LogP contribution in [0.25, 0.3) is 11.0 Å². The number of nitrogens with one attached hydrogen (secondary N) is 3. The lowest BCUT2D eigenvalue weighted by Gasteiger charge is -2.20. The number of rotatable bonds is 3. The zero-order chi connectivity index (χ0) is 17.6. The van der Waals surface area contributed by atoms with Gasteiger partial charge in [0.1, 0.15) is 0 Å². The van der Waals surface area contributed by atoms with Gasteiger partial charge < -0.3 is 15.6 Å². The Morgan fingerprint density at radius 1 is 1.16 bits per heavy atom. The summed E-state index contributed by atoms with van der Waals surface area (Å²) in [6.07, 6.45) is 3.63. The van der Waals surface area contributed by atoms with Crippen LogP contribution in [-0.2, 0) is 5.54 Å². The summed E-state index contributed by atoms with van der Waals surface area (Å²) in [5.41, 5.74) is 6.97. The maximum Gasteiger partial charge on any atom is 0.319 e. The zero-order valence-corrected chi connectivity index (χ0v) is 14.7. The summed E-state index contributed by atoms with van der Waals surface area (Å²) >= 11 is 0. The third-order valence-corrected chi connectivity index (χ3v) is 5.20. The molecule has 128 valence electrons. The van der Waals surface area contributed by atoms with E-state index in [1.807, 2.05) is 26.0 Å². The minimum atomic E-state index is -0.225. The molecule has 0 atom stereocenters. The number of aromatic nitrogens is 2. The van der Waals surface area contributed by atoms with Gasteiger partial charge >= 0.3 is 6.03 Å². The summed E-state index contributed by atoms with van der Waals surface area (Å²) in [5.74, 6) is 0. The molecule has 3 N–H and O–H groups in total. The first-order valence-corrected chi connectivity index (χ1v) is 8.58. The topological polar surface area (TPSA) is 69.8 Å². The Kier molecular flexibility index (Phi) is 3.53. The maximum atomic E-state index is 12.6. The Morgan fingerprint density at radius 3 is 2.68 bits per heavy atom. The van der Waals surface area contributed by atoms with E-state index in [0.29, 0.717) is 0 Å². The fourth-order valence-electron chi connectivity index (χ4n) is 3.40. The van der Waals surface area contributed by atoms with Crippen LogP contribution in [0.5, 0.6) is 0 Å². The molecule has 5 heteroatoms. The number of anilines is 1. The predicted molar refractivity (Wildman–Crippen MR) is 99.8 cm³/mol. The van der Waals surface area contributed by atoms with Crippen LogP contribution in [0.15, 0.2) is 36.7 Å². The lowest BCUT2D eigenvalue weighted by Crippen LogP contribution is -2.38. The summed E-state index contributed by atoms with van der Waals surface area (Å²) in [6.45, 7) is 6.11. The Bertz CT molecular complexity index is 969. The van der Waals surface area contributed by atoms with E-state index < -0.39 is 0 Å². The van der Waals surface area contributed by atoms with Crippen molar-refractivity contribution in [1.82, 2.24) is 15.3 Å². The van der Waals surface area contributed by atoms with Gasteiger partial charge in [0, 0.05) is 5.69 Å². The number of fused-ring (bicyclic) bond motifs is 1. The highest BCUT2D eigenvalue weighted by Crippen LogP contribution is 2.45. The van der Waals surface area contributed by atoms with Gasteiger partial charge in [-0.05, 0) is 56.4 Å². The predicted octanol–water partition coefficient (Wildman–Crippen LogP) is 4.30. The molecule has 0 aliphatic heterocycles. The standard InChI is InChI=1S/C20H22N4O/c1-12-5-4-6-15(9-12)20(7-8-20)24-19(25)23-16-10-17-18(22-11-21-17)14(3)13(16)2/h4-6,9-11H,7-8H2,1-3H3,(H,21,22)(H2,23,24,25). The van der Waals surface area contributed by atoms with E-state index >= 15 is 0 Å². The molecule has 25 heavy (non-hydrogen) atoms. The molecule has 0 bridgehead atoms. The van der Waals surface area contributed by atoms with Gasteiger partial charge in [-0.25, -0.2) is 9.78 Å². The van der Waals surface area contributed by atoms with Crippen molar-refractivity contribution in [2.45, 2.75) is 39.2 Å². The SMILES string of the molecule is Cc1cccc(C2(NC(=O)Nc3cc4[nH]cnc4c(C)c3C)CC2)c1. The monoisotopic (exact) mass is 334 g/mol. The summed E-state index contributed by atoms with van der Waals surface area (Å²) in [5, 5.41) is 6.19. The first kappa shape index (κ1) is 15.7. The van der Waals surface area contributed by atoms with E-state index in [4.69, 9.17) is 0 Å². The summed E-state index contributed by atoms with van der Waals surface area (Å²) in [7, 11) is 0. The molecule has 2 amide bonds. The Morgan fingerprint density at radius 2 is 1.96 bits per heavy atom. The number of carbonyl (C=O) groups excluding carboxylic acids is 1. The average molecular weight is 334 g/mol. The summed E-state index contributed by atoms with van der Waals surface area (Å²) in [6, 6.07) is 10.1. The number of urea groups is 1. The third kappa shape index (κ3) is 2.76. The van der Waals surface area contributed by atoms with Crippen LogP contribution in [0.4, 0.5) is 10.5 Å². The Hall–Kier alpha value is -2.82. The van der Waals surface area contributed by atoms with Gasteiger partial charge in [0.15, 0.2) is 0 Å². The van der Waals surface area contributed by atoms with Gasteiger partial charge in [-0.15, -0.1) is 0 Å². The van der Waals surface area contributed by atoms with E-state index in [0.717, 1.165) is 40.7 Å². The van der Waals surface area contributed by atoms with Crippen LogP contribution in [0.2, 0.25) is 0 Å². The molecule has 2 aromatic carbocycles. The fraction of sp³-hybridized carbons (Fsp3) is 0.300. The first-order valence-electron chi connectivity index (χ1n) is 8.58. The molecule has 1 aliphatic rings. The molecule has 0 unspecified atom stereocenters. The minimum Gasteiger partial charge on any atom is -0.345 e. The number of aryl methyl sites for hydroxylation is 2. The van der Waals surface area contributed by atoms with Gasteiger partial charge in [0.05, 0.1) is 22.9 Å². The first-order chi connectivity index (χ1) is 12.0. The van der Waals surface area contributed by atoms with Crippen molar-refractivity contribution < 1.29 is 4.79 Å². The molecule has 0 saturated heterocycles. The van der Waals surface area contributed by atoms with E-state index in [1.54, 1.807) is 6.33 Å². The minimum absolute atomic E-state index is 0.166. The molecule has 5 nitrogen and oxygen atoms in total. The third-order valence-electron chi connectivity index (χ3n) is 5.20. The van der Waals surface area contributed by atoms with Crippen LogP contribution in [0.3, 0.4) is 0 Å². The molecular formula is C20H22N4O. The fourth-order valence-corrected chi connectivity index (χ4v) is 3.40.